The van der Waals surface area contributed by atoms with Crippen LogP contribution in [0.25, 0.3) is 5.57 Å². The maximum atomic E-state index is 13.2. The maximum absolute atomic E-state index is 13.2. The van der Waals surface area contributed by atoms with Crippen LogP contribution >= 0.6 is 0 Å². The minimum absolute atomic E-state index is 0.0541. The molecule has 1 fully saturated rings. The molecule has 1 amide bonds. The molecule has 0 saturated carbocycles. The van der Waals surface area contributed by atoms with Crippen LogP contribution in [0.1, 0.15) is 36.0 Å². The van der Waals surface area contributed by atoms with E-state index in [1.165, 1.54) is 17.5 Å². The molecule has 1 aliphatic carbocycles. The Morgan fingerprint density at radius 2 is 1.71 bits per heavy atom. The Balaban J connectivity index is 0.000000344. The first-order chi connectivity index (χ1) is 16.2. The van der Waals surface area contributed by atoms with E-state index in [0.717, 1.165) is 61.3 Å². The first-order valence-corrected chi connectivity index (χ1v) is 11.1. The molecule has 2 aliphatic heterocycles. The number of ether oxygens (including phenoxy) is 1. The fraction of sp³-hybridized carbons (Fsp3) is 0.360. The number of aliphatic carboxylic acids is 1. The highest BCUT2D eigenvalue weighted by atomic mass is 19.4. The molecule has 3 aliphatic rings. The van der Waals surface area contributed by atoms with Crippen molar-refractivity contribution >= 4 is 23.1 Å². The number of rotatable bonds is 2. The summed E-state index contributed by atoms with van der Waals surface area (Å²) in [7, 11) is 0. The van der Waals surface area contributed by atoms with Gasteiger partial charge in [-0.2, -0.15) is 13.2 Å². The molecule has 0 radical (unpaired) electrons. The van der Waals surface area contributed by atoms with E-state index in [1.807, 2.05) is 30.3 Å². The molecule has 1 spiro atoms. The van der Waals surface area contributed by atoms with E-state index >= 15 is 0 Å². The lowest BCUT2D eigenvalue weighted by Gasteiger charge is -2.39. The summed E-state index contributed by atoms with van der Waals surface area (Å²) in [5.41, 5.74) is 4.87. The topological polar surface area (TPSA) is 87.7 Å². The molecule has 6 nitrogen and oxygen atoms in total. The number of fused-ring (bicyclic) bond motifs is 2. The van der Waals surface area contributed by atoms with E-state index in [1.54, 1.807) is 0 Å². The molecule has 2 aromatic rings. The van der Waals surface area contributed by atoms with Crippen molar-refractivity contribution in [3.05, 3.63) is 65.2 Å². The third kappa shape index (κ3) is 5.25. The third-order valence-electron chi connectivity index (χ3n) is 6.19. The third-order valence-corrected chi connectivity index (χ3v) is 6.19. The van der Waals surface area contributed by atoms with Crippen molar-refractivity contribution in [2.75, 3.05) is 18.4 Å². The van der Waals surface area contributed by atoms with E-state index in [9.17, 15) is 18.0 Å². The predicted octanol–water partition coefficient (Wildman–Crippen LogP) is 4.35. The molecular formula is C25H25F3N2O4. The average molecular weight is 474 g/mol. The number of carboxylic acids is 1. The van der Waals surface area contributed by atoms with Gasteiger partial charge in [0.1, 0.15) is 11.4 Å². The van der Waals surface area contributed by atoms with Gasteiger partial charge in [-0.25, -0.2) is 4.79 Å². The molecule has 0 atom stereocenters. The average Bonchev–Trinajstić information content (AvgIpc) is 3.27. The lowest BCUT2D eigenvalue weighted by molar-refractivity contribution is -0.192. The van der Waals surface area contributed by atoms with Crippen LogP contribution in [0.2, 0.25) is 0 Å². The Morgan fingerprint density at radius 3 is 2.41 bits per heavy atom. The number of benzene rings is 2. The highest BCUT2D eigenvalue weighted by molar-refractivity contribution is 6.26. The van der Waals surface area contributed by atoms with Gasteiger partial charge in [-0.15, -0.1) is 0 Å². The van der Waals surface area contributed by atoms with Crippen LogP contribution < -0.4 is 15.4 Å². The van der Waals surface area contributed by atoms with Crippen molar-refractivity contribution < 1.29 is 32.6 Å². The maximum Gasteiger partial charge on any atom is 0.490 e. The number of halogens is 3. The second-order valence-electron chi connectivity index (χ2n) is 8.57. The Hall–Kier alpha value is -3.33. The molecule has 0 aromatic heterocycles. The number of carbonyl (C=O) groups excluding carboxylic acids is 1. The highest BCUT2D eigenvalue weighted by Gasteiger charge is 2.39. The molecule has 34 heavy (non-hydrogen) atoms. The molecular weight excluding hydrogens is 449 g/mol. The van der Waals surface area contributed by atoms with Crippen molar-refractivity contribution in [3.8, 4) is 5.75 Å². The van der Waals surface area contributed by atoms with Gasteiger partial charge >= 0.3 is 12.1 Å². The summed E-state index contributed by atoms with van der Waals surface area (Å²) in [6, 6.07) is 14.2. The number of hydrogen-bond acceptors (Lipinski definition) is 4. The molecule has 2 aromatic carbocycles. The van der Waals surface area contributed by atoms with E-state index in [2.05, 4.69) is 28.8 Å². The van der Waals surface area contributed by atoms with E-state index in [4.69, 9.17) is 14.6 Å². The molecule has 2 heterocycles. The lowest BCUT2D eigenvalue weighted by Crippen LogP contribution is -2.46. The van der Waals surface area contributed by atoms with Crippen molar-refractivity contribution in [1.82, 2.24) is 5.32 Å². The normalized spacial score (nSPS) is 17.9. The number of piperidine rings is 1. The number of amides is 1. The largest absolute Gasteiger partial charge is 0.490 e. The zero-order valence-corrected chi connectivity index (χ0v) is 18.4. The van der Waals surface area contributed by atoms with Crippen LogP contribution in [0.3, 0.4) is 0 Å². The Kier molecular flexibility index (Phi) is 6.65. The van der Waals surface area contributed by atoms with Gasteiger partial charge in [-0.1, -0.05) is 24.3 Å². The number of aryl methyl sites for hydroxylation is 2. The van der Waals surface area contributed by atoms with Crippen LogP contribution in [0, 0.1) is 0 Å². The molecule has 1 saturated heterocycles. The van der Waals surface area contributed by atoms with Crippen molar-refractivity contribution in [1.29, 1.82) is 0 Å². The second-order valence-corrected chi connectivity index (χ2v) is 8.57. The fourth-order valence-electron chi connectivity index (χ4n) is 4.50. The number of anilines is 1. The van der Waals surface area contributed by atoms with Gasteiger partial charge in [0.25, 0.3) is 5.91 Å². The van der Waals surface area contributed by atoms with Crippen molar-refractivity contribution in [2.45, 2.75) is 43.9 Å². The molecule has 0 bridgehead atoms. The number of carbonyl (C=O) groups is 2. The van der Waals surface area contributed by atoms with Gasteiger partial charge < -0.3 is 20.5 Å². The molecule has 180 valence electrons. The smallest absolute Gasteiger partial charge is 0.482 e. The van der Waals surface area contributed by atoms with Crippen LogP contribution in [0.15, 0.2) is 48.5 Å². The summed E-state index contributed by atoms with van der Waals surface area (Å²) in [5.74, 6) is -2.00. The SMILES string of the molecule is O=C(Nc1ccc2c(c1)CCC2)C1=CC2(CCNCC2)Oc2ccccc21.O=C(O)C(F)(F)F. The van der Waals surface area contributed by atoms with E-state index in [0.29, 0.717) is 0 Å². The number of alkyl halides is 3. The summed E-state index contributed by atoms with van der Waals surface area (Å²) in [6.07, 6.45) is 2.18. The predicted molar refractivity (Wildman–Crippen MR) is 121 cm³/mol. The number of nitrogens with one attached hydrogen (secondary N) is 2. The number of carboxylic acid groups (broad SMARTS) is 1. The van der Waals surface area contributed by atoms with Gasteiger partial charge in [0, 0.05) is 24.1 Å². The summed E-state index contributed by atoms with van der Waals surface area (Å²) < 4.78 is 38.1. The quantitative estimate of drug-likeness (QED) is 0.603. The van der Waals surface area contributed by atoms with Crippen LogP contribution in [-0.2, 0) is 22.4 Å². The second kappa shape index (κ2) is 9.50. The van der Waals surface area contributed by atoms with Crippen molar-refractivity contribution in [3.63, 3.8) is 0 Å². The summed E-state index contributed by atoms with van der Waals surface area (Å²) in [6.45, 7) is 1.80. The summed E-state index contributed by atoms with van der Waals surface area (Å²) in [5, 5.41) is 13.6. The fourth-order valence-corrected chi connectivity index (χ4v) is 4.50. The zero-order chi connectivity index (χ0) is 24.3. The zero-order valence-electron chi connectivity index (χ0n) is 18.4. The van der Waals surface area contributed by atoms with Crippen LogP contribution in [-0.4, -0.2) is 41.8 Å². The van der Waals surface area contributed by atoms with E-state index < -0.39 is 12.1 Å². The first kappa shape index (κ1) is 23.8. The summed E-state index contributed by atoms with van der Waals surface area (Å²) >= 11 is 0. The standard InChI is InChI=1S/C23H24N2O2.C2HF3O2/c26-22(25-18-9-8-16-4-3-5-17(16)14-18)20-15-23(10-12-24-13-11-23)27-21-7-2-1-6-19(20)21;3-2(4,5)1(6)7/h1-2,6-9,14-15,24H,3-5,10-13H2,(H,25,26);(H,6,7). The number of hydrogen-bond donors (Lipinski definition) is 3. The van der Waals surface area contributed by atoms with Crippen LogP contribution in [0.4, 0.5) is 18.9 Å². The number of para-hydroxylation sites is 1. The Labute approximate surface area is 194 Å². The minimum atomic E-state index is -5.08. The van der Waals surface area contributed by atoms with Gasteiger partial charge in [-0.05, 0) is 67.8 Å². The molecule has 9 heteroatoms. The Bertz CT molecular complexity index is 1120. The first-order valence-electron chi connectivity index (χ1n) is 11.1. The van der Waals surface area contributed by atoms with Gasteiger partial charge in [0.05, 0.1) is 5.57 Å². The molecule has 3 N–H and O–H groups in total. The minimum Gasteiger partial charge on any atom is -0.482 e. The monoisotopic (exact) mass is 474 g/mol. The molecule has 0 unspecified atom stereocenters. The lowest BCUT2D eigenvalue weighted by atomic mass is 9.85. The highest BCUT2D eigenvalue weighted by Crippen LogP contribution is 2.40. The van der Waals surface area contributed by atoms with Crippen LogP contribution in [0.5, 0.6) is 5.75 Å². The van der Waals surface area contributed by atoms with Gasteiger partial charge in [0.2, 0.25) is 0 Å². The van der Waals surface area contributed by atoms with E-state index in [-0.39, 0.29) is 11.5 Å². The molecule has 5 rings (SSSR count). The van der Waals surface area contributed by atoms with Gasteiger partial charge in [-0.3, -0.25) is 4.79 Å². The van der Waals surface area contributed by atoms with Gasteiger partial charge in [0.15, 0.2) is 0 Å². The van der Waals surface area contributed by atoms with Crippen molar-refractivity contribution in [2.24, 2.45) is 0 Å². The summed E-state index contributed by atoms with van der Waals surface area (Å²) in [4.78, 5) is 22.1. The Morgan fingerprint density at radius 1 is 1.03 bits per heavy atom.